The third-order valence-corrected chi connectivity index (χ3v) is 4.86. The average molecular weight is 308 g/mol. The Morgan fingerprint density at radius 2 is 2.10 bits per heavy atom. The van der Waals surface area contributed by atoms with Crippen LogP contribution in [0.1, 0.15) is 27.9 Å². The molecule has 0 aromatic heterocycles. The summed E-state index contributed by atoms with van der Waals surface area (Å²) in [6, 6.07) is 3.41. The van der Waals surface area contributed by atoms with Gasteiger partial charge < -0.3 is 15.3 Å². The van der Waals surface area contributed by atoms with Gasteiger partial charge in [-0.15, -0.1) is 0 Å². The van der Waals surface area contributed by atoms with E-state index in [1.807, 2.05) is 24.8 Å². The first kappa shape index (κ1) is 15.7. The predicted octanol–water partition coefficient (Wildman–Crippen LogP) is 2.97. The number of aromatic carboxylic acids is 1. The summed E-state index contributed by atoms with van der Waals surface area (Å²) in [5.41, 5.74) is 2.14. The summed E-state index contributed by atoms with van der Waals surface area (Å²) < 4.78 is 0. The number of nitrogens with one attached hydrogen (secondary N) is 1. The summed E-state index contributed by atoms with van der Waals surface area (Å²) in [5.74, 6) is 0.964. The van der Waals surface area contributed by atoms with E-state index in [9.17, 15) is 14.7 Å². The molecule has 0 aliphatic carbocycles. The molecule has 1 unspecified atom stereocenters. The Labute approximate surface area is 128 Å². The fourth-order valence-electron chi connectivity index (χ4n) is 2.49. The molecule has 0 radical (unpaired) electrons. The first-order valence-corrected chi connectivity index (χ1v) is 8.01. The molecule has 2 amide bonds. The largest absolute Gasteiger partial charge is 0.478 e. The SMILES string of the molecule is Cc1cc(C)c(NC(=O)N(C)C2CCSC2)c(C(=O)O)c1. The number of anilines is 1. The van der Waals surface area contributed by atoms with Crippen LogP contribution in [0.25, 0.3) is 0 Å². The van der Waals surface area contributed by atoms with Crippen molar-refractivity contribution < 1.29 is 14.7 Å². The fourth-order valence-corrected chi connectivity index (χ4v) is 3.76. The number of hydrogen-bond acceptors (Lipinski definition) is 3. The van der Waals surface area contributed by atoms with Crippen LogP contribution < -0.4 is 5.32 Å². The highest BCUT2D eigenvalue weighted by atomic mass is 32.2. The van der Waals surface area contributed by atoms with Gasteiger partial charge in [0.15, 0.2) is 0 Å². The van der Waals surface area contributed by atoms with E-state index in [2.05, 4.69) is 5.32 Å². The highest BCUT2D eigenvalue weighted by molar-refractivity contribution is 7.99. The monoisotopic (exact) mass is 308 g/mol. The van der Waals surface area contributed by atoms with Gasteiger partial charge in [-0.25, -0.2) is 9.59 Å². The molecule has 0 bridgehead atoms. The van der Waals surface area contributed by atoms with Gasteiger partial charge in [0.25, 0.3) is 0 Å². The predicted molar refractivity (Wildman–Crippen MR) is 85.4 cm³/mol. The zero-order chi connectivity index (χ0) is 15.6. The maximum Gasteiger partial charge on any atom is 0.337 e. The van der Waals surface area contributed by atoms with Crippen LogP contribution in [0.3, 0.4) is 0 Å². The van der Waals surface area contributed by atoms with Crippen molar-refractivity contribution in [1.82, 2.24) is 4.90 Å². The quantitative estimate of drug-likeness (QED) is 0.900. The smallest absolute Gasteiger partial charge is 0.337 e. The number of carbonyl (C=O) groups excluding carboxylic acids is 1. The van der Waals surface area contributed by atoms with Crippen LogP contribution in [0.4, 0.5) is 10.5 Å². The van der Waals surface area contributed by atoms with Gasteiger partial charge in [-0.3, -0.25) is 0 Å². The molecule has 0 saturated carbocycles. The number of urea groups is 1. The first-order chi connectivity index (χ1) is 9.90. The number of carboxylic acid groups (broad SMARTS) is 1. The summed E-state index contributed by atoms with van der Waals surface area (Å²) >= 11 is 1.83. The van der Waals surface area contributed by atoms with E-state index < -0.39 is 5.97 Å². The number of carbonyl (C=O) groups is 2. The average Bonchev–Trinajstić information content (AvgIpc) is 2.94. The molecule has 2 rings (SSSR count). The lowest BCUT2D eigenvalue weighted by atomic mass is 10.0. The van der Waals surface area contributed by atoms with Gasteiger partial charge in [0.05, 0.1) is 11.3 Å². The van der Waals surface area contributed by atoms with Crippen LogP contribution in [-0.4, -0.2) is 46.6 Å². The van der Waals surface area contributed by atoms with Gasteiger partial charge >= 0.3 is 12.0 Å². The van der Waals surface area contributed by atoms with E-state index in [1.165, 1.54) is 0 Å². The highest BCUT2D eigenvalue weighted by Gasteiger charge is 2.25. The Morgan fingerprint density at radius 1 is 1.38 bits per heavy atom. The van der Waals surface area contributed by atoms with Gasteiger partial charge in [-0.05, 0) is 43.2 Å². The molecular weight excluding hydrogens is 288 g/mol. The normalized spacial score (nSPS) is 17.6. The van der Waals surface area contributed by atoms with E-state index in [0.717, 1.165) is 29.1 Å². The van der Waals surface area contributed by atoms with Crippen LogP contribution in [-0.2, 0) is 0 Å². The van der Waals surface area contributed by atoms with Crippen LogP contribution >= 0.6 is 11.8 Å². The van der Waals surface area contributed by atoms with Gasteiger partial charge in [0, 0.05) is 18.8 Å². The van der Waals surface area contributed by atoms with Crippen molar-refractivity contribution in [3.63, 3.8) is 0 Å². The molecule has 1 saturated heterocycles. The van der Waals surface area contributed by atoms with E-state index in [4.69, 9.17) is 0 Å². The van der Waals surface area contributed by atoms with Crippen molar-refractivity contribution in [1.29, 1.82) is 0 Å². The first-order valence-electron chi connectivity index (χ1n) is 6.86. The molecular formula is C15H20N2O3S. The fraction of sp³-hybridized carbons (Fsp3) is 0.467. The van der Waals surface area contributed by atoms with Crippen molar-refractivity contribution in [2.45, 2.75) is 26.3 Å². The molecule has 1 atom stereocenters. The molecule has 6 heteroatoms. The number of carboxylic acids is 1. The molecule has 1 heterocycles. The van der Waals surface area contributed by atoms with Gasteiger partial charge in [-0.2, -0.15) is 11.8 Å². The molecule has 1 fully saturated rings. The summed E-state index contributed by atoms with van der Waals surface area (Å²) in [5, 5.41) is 12.1. The summed E-state index contributed by atoms with van der Waals surface area (Å²) in [7, 11) is 1.76. The summed E-state index contributed by atoms with van der Waals surface area (Å²) in [6.45, 7) is 3.65. The minimum absolute atomic E-state index is 0.134. The standard InChI is InChI=1S/C15H20N2O3S/c1-9-6-10(2)13(12(7-9)14(18)19)16-15(20)17(3)11-4-5-21-8-11/h6-7,11H,4-5,8H2,1-3H3,(H,16,20)(H,18,19). The molecule has 1 aromatic carbocycles. The number of thioether (sulfide) groups is 1. The van der Waals surface area contributed by atoms with Gasteiger partial charge in [-0.1, -0.05) is 6.07 Å². The molecule has 1 aliphatic heterocycles. The summed E-state index contributed by atoms with van der Waals surface area (Å²) in [4.78, 5) is 25.4. The van der Waals surface area contributed by atoms with Gasteiger partial charge in [0.1, 0.15) is 0 Å². The lowest BCUT2D eigenvalue weighted by Crippen LogP contribution is -2.40. The molecule has 5 nitrogen and oxygen atoms in total. The van der Waals surface area contributed by atoms with E-state index in [-0.39, 0.29) is 17.6 Å². The van der Waals surface area contributed by atoms with Crippen LogP contribution in [0.15, 0.2) is 12.1 Å². The Kier molecular flexibility index (Phi) is 4.77. The Morgan fingerprint density at radius 3 is 2.67 bits per heavy atom. The van der Waals surface area contributed by atoms with Crippen LogP contribution in [0.5, 0.6) is 0 Å². The molecule has 1 aliphatic rings. The Hall–Kier alpha value is -1.69. The second-order valence-electron chi connectivity index (χ2n) is 5.37. The van der Waals surface area contributed by atoms with Crippen molar-refractivity contribution in [3.05, 3.63) is 28.8 Å². The minimum atomic E-state index is -1.03. The van der Waals surface area contributed by atoms with Crippen molar-refractivity contribution >= 4 is 29.4 Å². The molecule has 2 N–H and O–H groups in total. The number of aryl methyl sites for hydroxylation is 2. The second kappa shape index (κ2) is 6.39. The van der Waals surface area contributed by atoms with Crippen LogP contribution in [0.2, 0.25) is 0 Å². The maximum atomic E-state index is 12.3. The van der Waals surface area contributed by atoms with E-state index in [1.54, 1.807) is 24.9 Å². The van der Waals surface area contributed by atoms with E-state index in [0.29, 0.717) is 5.69 Å². The number of nitrogens with zero attached hydrogens (tertiary/aromatic N) is 1. The van der Waals surface area contributed by atoms with Crippen molar-refractivity contribution in [2.24, 2.45) is 0 Å². The molecule has 21 heavy (non-hydrogen) atoms. The van der Waals surface area contributed by atoms with Gasteiger partial charge in [0.2, 0.25) is 0 Å². The maximum absolute atomic E-state index is 12.3. The number of hydrogen-bond donors (Lipinski definition) is 2. The highest BCUT2D eigenvalue weighted by Crippen LogP contribution is 2.25. The zero-order valence-electron chi connectivity index (χ0n) is 12.5. The number of rotatable bonds is 3. The molecule has 0 spiro atoms. The topological polar surface area (TPSA) is 69.6 Å². The third-order valence-electron chi connectivity index (χ3n) is 3.72. The minimum Gasteiger partial charge on any atom is -0.478 e. The lowest BCUT2D eigenvalue weighted by Gasteiger charge is -2.25. The third kappa shape index (κ3) is 3.50. The number of benzene rings is 1. The Balaban J connectivity index is 2.22. The Bertz CT molecular complexity index is 568. The van der Waals surface area contributed by atoms with E-state index >= 15 is 0 Å². The molecule has 1 aromatic rings. The van der Waals surface area contributed by atoms with Crippen LogP contribution in [0, 0.1) is 13.8 Å². The second-order valence-corrected chi connectivity index (χ2v) is 6.52. The molecule has 114 valence electrons. The van der Waals surface area contributed by atoms with Crippen molar-refractivity contribution in [3.8, 4) is 0 Å². The lowest BCUT2D eigenvalue weighted by molar-refractivity contribution is 0.0698. The van der Waals surface area contributed by atoms with Crippen molar-refractivity contribution in [2.75, 3.05) is 23.9 Å². The zero-order valence-corrected chi connectivity index (χ0v) is 13.3. The summed E-state index contributed by atoms with van der Waals surface area (Å²) in [6.07, 6.45) is 0.979. The number of amides is 2.